The minimum absolute atomic E-state index is 0. The van der Waals surface area contributed by atoms with E-state index in [2.05, 4.69) is 30.7 Å². The number of aromatic amines is 1. The molecule has 9 heteroatoms. The van der Waals surface area contributed by atoms with Crippen LogP contribution in [0.15, 0.2) is 53.8 Å². The first-order valence-electron chi connectivity index (χ1n) is 10.2. The predicted octanol–water partition coefficient (Wildman–Crippen LogP) is 4.03. The van der Waals surface area contributed by atoms with Gasteiger partial charge in [0.15, 0.2) is 11.8 Å². The summed E-state index contributed by atoms with van der Waals surface area (Å²) in [6.45, 7) is 5.26. The number of pyridine rings is 1. The van der Waals surface area contributed by atoms with Crippen molar-refractivity contribution in [1.29, 1.82) is 0 Å². The summed E-state index contributed by atoms with van der Waals surface area (Å²) < 4.78 is 15.4. The van der Waals surface area contributed by atoms with Crippen LogP contribution >= 0.6 is 24.0 Å². The lowest BCUT2D eigenvalue weighted by Crippen LogP contribution is -2.37. The molecule has 0 saturated carbocycles. The van der Waals surface area contributed by atoms with Crippen LogP contribution in [0.2, 0.25) is 0 Å². The highest BCUT2D eigenvalue weighted by Gasteiger charge is 2.07. The van der Waals surface area contributed by atoms with Crippen LogP contribution in [0.3, 0.4) is 0 Å². The molecule has 3 N–H and O–H groups in total. The average Bonchev–Trinajstić information content (AvgIpc) is 3.32. The molecule has 0 amide bonds. The van der Waals surface area contributed by atoms with Crippen LogP contribution in [0.4, 0.5) is 4.39 Å². The Balaban J connectivity index is 0.00000289. The first kappa shape index (κ1) is 23.7. The molecule has 0 spiro atoms. The van der Waals surface area contributed by atoms with Crippen molar-refractivity contribution in [2.24, 2.45) is 4.99 Å². The second-order valence-electron chi connectivity index (χ2n) is 7.47. The monoisotopic (exact) mass is 547 g/mol. The number of guanidine groups is 1. The van der Waals surface area contributed by atoms with Gasteiger partial charge in [0.05, 0.1) is 5.69 Å². The first-order valence-corrected chi connectivity index (χ1v) is 10.2. The number of H-pyrrole nitrogens is 1. The smallest absolute Gasteiger partial charge is 0.191 e. The summed E-state index contributed by atoms with van der Waals surface area (Å²) in [6.07, 6.45) is 4.52. The van der Waals surface area contributed by atoms with E-state index in [9.17, 15) is 4.39 Å². The van der Waals surface area contributed by atoms with Crippen LogP contribution in [0.1, 0.15) is 22.5 Å². The third-order valence-corrected chi connectivity index (χ3v) is 5.14. The zero-order valence-electron chi connectivity index (χ0n) is 18.3. The van der Waals surface area contributed by atoms with E-state index < -0.39 is 0 Å². The number of benzene rings is 1. The normalized spacial score (nSPS) is 11.4. The van der Waals surface area contributed by atoms with Crippen LogP contribution in [-0.2, 0) is 13.0 Å². The van der Waals surface area contributed by atoms with Gasteiger partial charge in [-0.3, -0.25) is 4.99 Å². The summed E-state index contributed by atoms with van der Waals surface area (Å²) >= 11 is 0. The van der Waals surface area contributed by atoms with E-state index in [1.165, 1.54) is 6.07 Å². The van der Waals surface area contributed by atoms with Gasteiger partial charge in [-0.05, 0) is 61.7 Å². The van der Waals surface area contributed by atoms with Crippen LogP contribution in [0.25, 0.3) is 16.7 Å². The Hall–Kier alpha value is -2.95. The van der Waals surface area contributed by atoms with E-state index in [-0.39, 0.29) is 29.8 Å². The van der Waals surface area contributed by atoms with E-state index in [0.29, 0.717) is 19.0 Å². The highest BCUT2D eigenvalue weighted by molar-refractivity contribution is 14.0. The molecule has 32 heavy (non-hydrogen) atoms. The number of aromatic nitrogens is 4. The van der Waals surface area contributed by atoms with Crippen LogP contribution < -0.4 is 10.6 Å². The van der Waals surface area contributed by atoms with E-state index in [0.717, 1.165) is 45.7 Å². The number of nitrogens with zero attached hydrogens (tertiary/aromatic N) is 4. The van der Waals surface area contributed by atoms with Gasteiger partial charge in [0, 0.05) is 49.1 Å². The fourth-order valence-electron chi connectivity index (χ4n) is 3.59. The van der Waals surface area contributed by atoms with Gasteiger partial charge in [0.1, 0.15) is 5.82 Å². The first-order chi connectivity index (χ1) is 15.0. The van der Waals surface area contributed by atoms with Gasteiger partial charge >= 0.3 is 0 Å². The third kappa shape index (κ3) is 5.45. The Morgan fingerprint density at radius 2 is 2.00 bits per heavy atom. The molecule has 168 valence electrons. The summed E-state index contributed by atoms with van der Waals surface area (Å²) in [4.78, 5) is 12.0. The van der Waals surface area contributed by atoms with Gasteiger partial charge in [0.25, 0.3) is 0 Å². The molecule has 1 aromatic carbocycles. The molecule has 0 radical (unpaired) electrons. The van der Waals surface area contributed by atoms with Gasteiger partial charge in [-0.2, -0.15) is 5.10 Å². The summed E-state index contributed by atoms with van der Waals surface area (Å²) in [5.74, 6) is 1.27. The van der Waals surface area contributed by atoms with Crippen molar-refractivity contribution in [2.45, 2.75) is 26.8 Å². The Morgan fingerprint density at radius 1 is 1.16 bits per heavy atom. The highest BCUT2D eigenvalue weighted by Crippen LogP contribution is 2.19. The molecule has 0 aliphatic heterocycles. The lowest BCUT2D eigenvalue weighted by atomic mass is 10.1. The number of rotatable bonds is 6. The third-order valence-electron chi connectivity index (χ3n) is 5.14. The molecule has 4 aromatic rings. The van der Waals surface area contributed by atoms with Gasteiger partial charge in [0.2, 0.25) is 0 Å². The number of aryl methyl sites for hydroxylation is 2. The molecule has 0 aliphatic rings. The lowest BCUT2D eigenvalue weighted by molar-refractivity contribution is 0.629. The number of halogens is 2. The summed E-state index contributed by atoms with van der Waals surface area (Å²) in [5, 5.41) is 12.0. The fraction of sp³-hybridized carbons (Fsp3) is 0.261. The Kier molecular flexibility index (Phi) is 7.84. The highest BCUT2D eigenvalue weighted by atomic mass is 127. The second kappa shape index (κ2) is 10.6. The molecule has 0 unspecified atom stereocenters. The van der Waals surface area contributed by atoms with Gasteiger partial charge in [-0.1, -0.05) is 6.07 Å². The SMILES string of the molecule is CN=C(NCCc1c[nH]c2ccc(F)cc12)NCc1ccc(-n2nc(C)cc2C)nc1.I. The Labute approximate surface area is 203 Å². The largest absolute Gasteiger partial charge is 0.361 e. The van der Waals surface area contributed by atoms with Crippen molar-refractivity contribution in [3.05, 3.63) is 77.1 Å². The van der Waals surface area contributed by atoms with E-state index >= 15 is 0 Å². The Morgan fingerprint density at radius 3 is 2.69 bits per heavy atom. The molecule has 3 heterocycles. The summed E-state index contributed by atoms with van der Waals surface area (Å²) in [7, 11) is 1.74. The molecule has 0 fully saturated rings. The minimum atomic E-state index is -0.226. The zero-order chi connectivity index (χ0) is 21.8. The molecule has 0 atom stereocenters. The van der Waals surface area contributed by atoms with Crippen LogP contribution in [-0.4, -0.2) is 39.3 Å². The number of fused-ring (bicyclic) bond motifs is 1. The number of hydrogen-bond acceptors (Lipinski definition) is 3. The number of nitrogens with one attached hydrogen (secondary N) is 3. The van der Waals surface area contributed by atoms with Gasteiger partial charge in [-0.15, -0.1) is 24.0 Å². The molecular weight excluding hydrogens is 520 g/mol. The maximum atomic E-state index is 13.5. The maximum absolute atomic E-state index is 13.5. The quantitative estimate of drug-likeness (QED) is 0.194. The van der Waals surface area contributed by atoms with E-state index in [1.54, 1.807) is 19.2 Å². The van der Waals surface area contributed by atoms with Crippen molar-refractivity contribution in [1.82, 2.24) is 30.4 Å². The van der Waals surface area contributed by atoms with Gasteiger partial charge < -0.3 is 15.6 Å². The van der Waals surface area contributed by atoms with Crippen molar-refractivity contribution >= 4 is 40.8 Å². The fourth-order valence-corrected chi connectivity index (χ4v) is 3.59. The van der Waals surface area contributed by atoms with Crippen molar-refractivity contribution in [2.75, 3.05) is 13.6 Å². The molecule has 7 nitrogen and oxygen atoms in total. The van der Waals surface area contributed by atoms with Crippen LogP contribution in [0.5, 0.6) is 0 Å². The summed E-state index contributed by atoms with van der Waals surface area (Å²) in [5.41, 5.74) is 5.08. The van der Waals surface area contributed by atoms with Gasteiger partial charge in [-0.25, -0.2) is 14.1 Å². The standard InChI is InChI=1S/C23H26FN7.HI/c1-15-10-16(2)31(30-15)22-7-4-17(12-28-22)13-29-23(25-3)26-9-8-18-14-27-21-6-5-19(24)11-20(18)21;/h4-7,10-12,14,27H,8-9,13H2,1-3H3,(H2,25,26,29);1H. The minimum Gasteiger partial charge on any atom is -0.361 e. The summed E-state index contributed by atoms with van der Waals surface area (Å²) in [6, 6.07) is 10.8. The van der Waals surface area contributed by atoms with E-state index in [1.807, 2.05) is 49.1 Å². The molecule has 0 bridgehead atoms. The van der Waals surface area contributed by atoms with Crippen molar-refractivity contribution in [3.8, 4) is 5.82 Å². The second-order valence-corrected chi connectivity index (χ2v) is 7.47. The molecular formula is C23H27FIN7. The lowest BCUT2D eigenvalue weighted by Gasteiger charge is -2.12. The average molecular weight is 547 g/mol. The molecule has 4 rings (SSSR count). The molecule has 0 aliphatic carbocycles. The molecule has 3 aromatic heterocycles. The number of hydrogen-bond donors (Lipinski definition) is 3. The topological polar surface area (TPSA) is 82.9 Å². The Bertz CT molecular complexity index is 1210. The van der Waals surface area contributed by atoms with Crippen molar-refractivity contribution in [3.63, 3.8) is 0 Å². The predicted molar refractivity (Wildman–Crippen MR) is 136 cm³/mol. The molecule has 0 saturated heterocycles. The zero-order valence-corrected chi connectivity index (χ0v) is 20.6. The van der Waals surface area contributed by atoms with Crippen LogP contribution in [0, 0.1) is 19.7 Å². The van der Waals surface area contributed by atoms with E-state index in [4.69, 9.17) is 0 Å². The van der Waals surface area contributed by atoms with Crippen molar-refractivity contribution < 1.29 is 4.39 Å². The maximum Gasteiger partial charge on any atom is 0.191 e. The number of aliphatic imine (C=N–C) groups is 1.